The van der Waals surface area contributed by atoms with E-state index in [1.807, 2.05) is 24.3 Å². The number of benzene rings is 2. The van der Waals surface area contributed by atoms with E-state index in [1.165, 1.54) is 5.56 Å². The summed E-state index contributed by atoms with van der Waals surface area (Å²) in [6.45, 7) is 4.18. The number of rotatable bonds is 4. The van der Waals surface area contributed by atoms with Gasteiger partial charge in [0.05, 0.1) is 6.10 Å². The van der Waals surface area contributed by atoms with Crippen LogP contribution >= 0.6 is 0 Å². The quantitative estimate of drug-likeness (QED) is 0.879. The second-order valence-electron chi connectivity index (χ2n) is 5.28. The van der Waals surface area contributed by atoms with Crippen molar-refractivity contribution in [3.05, 3.63) is 70.8 Å². The van der Waals surface area contributed by atoms with Gasteiger partial charge in [-0.1, -0.05) is 38.1 Å². The molecule has 0 saturated carbocycles. The summed E-state index contributed by atoms with van der Waals surface area (Å²) in [6, 6.07) is 10.8. The van der Waals surface area contributed by atoms with Gasteiger partial charge in [-0.3, -0.25) is 0 Å². The molecule has 106 valence electrons. The zero-order valence-corrected chi connectivity index (χ0v) is 11.6. The van der Waals surface area contributed by atoms with E-state index in [-0.39, 0.29) is 12.0 Å². The highest BCUT2D eigenvalue weighted by Gasteiger charge is 2.13. The van der Waals surface area contributed by atoms with Gasteiger partial charge in [0.1, 0.15) is 11.6 Å². The standard InChI is InChI=1S/C17H18F2O/c1-11(2)12-3-5-13(6-4-12)17(20)10-14-9-15(18)7-8-16(14)19/h3-9,11,17,20H,10H2,1-2H3. The van der Waals surface area contributed by atoms with E-state index in [9.17, 15) is 13.9 Å². The Balaban J connectivity index is 2.15. The first-order chi connectivity index (χ1) is 9.47. The van der Waals surface area contributed by atoms with E-state index in [1.54, 1.807) is 0 Å². The molecule has 20 heavy (non-hydrogen) atoms. The third kappa shape index (κ3) is 3.42. The van der Waals surface area contributed by atoms with Crippen LogP contribution in [0.4, 0.5) is 8.78 Å². The Kier molecular flexibility index (Phi) is 4.50. The lowest BCUT2D eigenvalue weighted by molar-refractivity contribution is 0.177. The normalized spacial score (nSPS) is 12.7. The van der Waals surface area contributed by atoms with Crippen molar-refractivity contribution in [3.8, 4) is 0 Å². The predicted molar refractivity (Wildman–Crippen MR) is 75.6 cm³/mol. The van der Waals surface area contributed by atoms with E-state index < -0.39 is 17.7 Å². The minimum Gasteiger partial charge on any atom is -0.388 e. The van der Waals surface area contributed by atoms with Crippen molar-refractivity contribution in [1.29, 1.82) is 0 Å². The van der Waals surface area contributed by atoms with Gasteiger partial charge in [-0.15, -0.1) is 0 Å². The average Bonchev–Trinajstić information content (AvgIpc) is 2.43. The van der Waals surface area contributed by atoms with E-state index in [2.05, 4.69) is 13.8 Å². The fourth-order valence-corrected chi connectivity index (χ4v) is 2.13. The summed E-state index contributed by atoms with van der Waals surface area (Å²) in [6.07, 6.45) is -0.780. The molecular formula is C17H18F2O. The topological polar surface area (TPSA) is 20.2 Å². The van der Waals surface area contributed by atoms with Crippen LogP contribution in [0.3, 0.4) is 0 Å². The molecule has 2 aromatic rings. The first-order valence-corrected chi connectivity index (χ1v) is 6.69. The summed E-state index contributed by atoms with van der Waals surface area (Å²) in [5.74, 6) is -0.574. The van der Waals surface area contributed by atoms with Crippen molar-refractivity contribution in [2.45, 2.75) is 32.3 Å². The maximum atomic E-state index is 13.5. The maximum absolute atomic E-state index is 13.5. The number of halogens is 2. The minimum atomic E-state index is -0.840. The van der Waals surface area contributed by atoms with Crippen LogP contribution < -0.4 is 0 Å². The summed E-state index contributed by atoms with van der Waals surface area (Å²) >= 11 is 0. The minimum absolute atomic E-state index is 0.0601. The maximum Gasteiger partial charge on any atom is 0.126 e. The molecule has 0 heterocycles. The molecule has 0 aromatic heterocycles. The van der Waals surface area contributed by atoms with E-state index in [0.717, 1.165) is 18.2 Å². The molecule has 0 radical (unpaired) electrons. The smallest absolute Gasteiger partial charge is 0.126 e. The highest BCUT2D eigenvalue weighted by Crippen LogP contribution is 2.23. The van der Waals surface area contributed by atoms with Crippen molar-refractivity contribution in [3.63, 3.8) is 0 Å². The van der Waals surface area contributed by atoms with Gasteiger partial charge in [-0.2, -0.15) is 0 Å². The van der Waals surface area contributed by atoms with Gasteiger partial charge in [0, 0.05) is 6.42 Å². The first-order valence-electron chi connectivity index (χ1n) is 6.69. The molecule has 2 rings (SSSR count). The molecule has 3 heteroatoms. The molecule has 0 aliphatic carbocycles. The van der Waals surface area contributed by atoms with E-state index in [4.69, 9.17) is 0 Å². The summed E-state index contributed by atoms with van der Waals surface area (Å²) in [5.41, 5.74) is 2.07. The summed E-state index contributed by atoms with van der Waals surface area (Å²) in [7, 11) is 0. The lowest BCUT2D eigenvalue weighted by atomic mass is 9.97. The Morgan fingerprint density at radius 1 is 0.950 bits per heavy atom. The van der Waals surface area contributed by atoms with Gasteiger partial charge < -0.3 is 5.11 Å². The lowest BCUT2D eigenvalue weighted by Crippen LogP contribution is -2.04. The van der Waals surface area contributed by atoms with Crippen LogP contribution in [0, 0.1) is 11.6 Å². The van der Waals surface area contributed by atoms with Crippen molar-refractivity contribution in [1.82, 2.24) is 0 Å². The van der Waals surface area contributed by atoms with Gasteiger partial charge in [-0.25, -0.2) is 8.78 Å². The molecule has 1 atom stereocenters. The fraction of sp³-hybridized carbons (Fsp3) is 0.294. The average molecular weight is 276 g/mol. The number of hydrogen-bond acceptors (Lipinski definition) is 1. The van der Waals surface area contributed by atoms with Gasteiger partial charge in [0.25, 0.3) is 0 Å². The molecular weight excluding hydrogens is 258 g/mol. The molecule has 1 N–H and O–H groups in total. The third-order valence-electron chi connectivity index (χ3n) is 3.41. The summed E-state index contributed by atoms with van der Waals surface area (Å²) in [5, 5.41) is 10.1. The van der Waals surface area contributed by atoms with Crippen molar-refractivity contribution in [2.75, 3.05) is 0 Å². The number of aliphatic hydroxyl groups excluding tert-OH is 1. The van der Waals surface area contributed by atoms with Gasteiger partial charge in [0.2, 0.25) is 0 Å². The molecule has 0 aliphatic rings. The van der Waals surface area contributed by atoms with Crippen LogP contribution in [-0.2, 0) is 6.42 Å². The monoisotopic (exact) mass is 276 g/mol. The van der Waals surface area contributed by atoms with E-state index in [0.29, 0.717) is 11.5 Å². The molecule has 0 bridgehead atoms. The fourth-order valence-electron chi connectivity index (χ4n) is 2.13. The van der Waals surface area contributed by atoms with Crippen molar-refractivity contribution < 1.29 is 13.9 Å². The Hall–Kier alpha value is -1.74. The summed E-state index contributed by atoms with van der Waals surface area (Å²) < 4.78 is 26.6. The first kappa shape index (κ1) is 14.7. The molecule has 0 fully saturated rings. The number of aliphatic hydroxyl groups is 1. The molecule has 0 aliphatic heterocycles. The van der Waals surface area contributed by atoms with Gasteiger partial charge in [-0.05, 0) is 40.8 Å². The van der Waals surface area contributed by atoms with Crippen LogP contribution in [0.1, 0.15) is 42.6 Å². The van der Waals surface area contributed by atoms with Gasteiger partial charge in [0.15, 0.2) is 0 Å². The lowest BCUT2D eigenvalue weighted by Gasteiger charge is -2.13. The van der Waals surface area contributed by atoms with Crippen molar-refractivity contribution in [2.24, 2.45) is 0 Å². The van der Waals surface area contributed by atoms with Crippen LogP contribution in [0.25, 0.3) is 0 Å². The zero-order chi connectivity index (χ0) is 14.7. The Morgan fingerprint density at radius 2 is 1.55 bits per heavy atom. The Labute approximate surface area is 117 Å². The second-order valence-corrected chi connectivity index (χ2v) is 5.28. The number of hydrogen-bond donors (Lipinski definition) is 1. The largest absolute Gasteiger partial charge is 0.388 e. The molecule has 0 saturated heterocycles. The van der Waals surface area contributed by atoms with Crippen molar-refractivity contribution >= 4 is 0 Å². The summed E-state index contributed by atoms with van der Waals surface area (Å²) in [4.78, 5) is 0. The molecule has 2 aromatic carbocycles. The Bertz CT molecular complexity index is 576. The van der Waals surface area contributed by atoms with Gasteiger partial charge >= 0.3 is 0 Å². The molecule has 0 spiro atoms. The van der Waals surface area contributed by atoms with E-state index >= 15 is 0 Å². The SMILES string of the molecule is CC(C)c1ccc(C(O)Cc2cc(F)ccc2F)cc1. The zero-order valence-electron chi connectivity index (χ0n) is 11.6. The van der Waals surface area contributed by atoms with Crippen LogP contribution in [0.5, 0.6) is 0 Å². The highest BCUT2D eigenvalue weighted by molar-refractivity contribution is 5.28. The predicted octanol–water partition coefficient (Wildman–Crippen LogP) is 4.36. The molecule has 0 amide bonds. The Morgan fingerprint density at radius 3 is 2.15 bits per heavy atom. The van der Waals surface area contributed by atoms with Crippen LogP contribution in [-0.4, -0.2) is 5.11 Å². The third-order valence-corrected chi connectivity index (χ3v) is 3.41. The van der Waals surface area contributed by atoms with Crippen LogP contribution in [0.15, 0.2) is 42.5 Å². The molecule has 1 nitrogen and oxygen atoms in total. The highest BCUT2D eigenvalue weighted by atomic mass is 19.1. The second kappa shape index (κ2) is 6.14. The molecule has 1 unspecified atom stereocenters. The van der Waals surface area contributed by atoms with Crippen LogP contribution in [0.2, 0.25) is 0 Å².